The highest BCUT2D eigenvalue weighted by molar-refractivity contribution is 5.97. The second-order valence-corrected chi connectivity index (χ2v) is 5.30. The van der Waals surface area contributed by atoms with E-state index in [1.54, 1.807) is 0 Å². The van der Waals surface area contributed by atoms with Crippen LogP contribution in [0, 0.1) is 6.92 Å². The number of aryl methyl sites for hydroxylation is 1. The molecule has 0 aliphatic rings. The Morgan fingerprint density at radius 2 is 2.00 bits per heavy atom. The topological polar surface area (TPSA) is 47.6 Å². The number of ether oxygens (including phenoxy) is 2. The van der Waals surface area contributed by atoms with E-state index in [0.717, 1.165) is 23.4 Å². The van der Waals surface area contributed by atoms with Gasteiger partial charge in [0.25, 0.3) is 5.91 Å². The van der Waals surface area contributed by atoms with Gasteiger partial charge in [0.05, 0.1) is 6.61 Å². The molecule has 0 aliphatic carbocycles. The van der Waals surface area contributed by atoms with Crippen LogP contribution in [0.5, 0.6) is 5.75 Å². The summed E-state index contributed by atoms with van der Waals surface area (Å²) in [5.74, 6) is 0.734. The van der Waals surface area contributed by atoms with Crippen molar-refractivity contribution in [2.45, 2.75) is 53.1 Å². The summed E-state index contributed by atoms with van der Waals surface area (Å²) in [6.07, 6.45) is 1.53. The zero-order valence-electron chi connectivity index (χ0n) is 13.8. The lowest BCUT2D eigenvalue weighted by Gasteiger charge is -2.27. The van der Waals surface area contributed by atoms with Crippen molar-refractivity contribution in [3.63, 3.8) is 0 Å². The Morgan fingerprint density at radius 1 is 1.29 bits per heavy atom. The number of hydrogen-bond donors (Lipinski definition) is 1. The molecule has 1 rings (SSSR count). The van der Waals surface area contributed by atoms with Crippen molar-refractivity contribution in [3.05, 3.63) is 23.8 Å². The fourth-order valence-electron chi connectivity index (χ4n) is 1.96. The summed E-state index contributed by atoms with van der Waals surface area (Å²) >= 11 is 0. The van der Waals surface area contributed by atoms with Gasteiger partial charge in [-0.25, -0.2) is 0 Å². The van der Waals surface area contributed by atoms with Crippen LogP contribution >= 0.6 is 0 Å². The monoisotopic (exact) mass is 293 g/mol. The average molecular weight is 293 g/mol. The highest BCUT2D eigenvalue weighted by Gasteiger charge is 2.32. The first-order valence-corrected chi connectivity index (χ1v) is 7.65. The van der Waals surface area contributed by atoms with Gasteiger partial charge < -0.3 is 14.8 Å². The Labute approximate surface area is 127 Å². The summed E-state index contributed by atoms with van der Waals surface area (Å²) in [5.41, 5.74) is 0.978. The SMILES string of the molecule is CCCO[C@@](C)(CC)C(=O)Nc1ccc(OCC)c(C)c1. The third-order valence-corrected chi connectivity index (χ3v) is 3.51. The van der Waals surface area contributed by atoms with Crippen LogP contribution in [0.2, 0.25) is 0 Å². The Morgan fingerprint density at radius 3 is 2.52 bits per heavy atom. The molecule has 0 aromatic heterocycles. The van der Waals surface area contributed by atoms with Crippen molar-refractivity contribution in [3.8, 4) is 5.75 Å². The van der Waals surface area contributed by atoms with Gasteiger partial charge in [-0.15, -0.1) is 0 Å². The number of carbonyl (C=O) groups excluding carboxylic acids is 1. The second kappa shape index (κ2) is 8.03. The van der Waals surface area contributed by atoms with E-state index in [9.17, 15) is 4.79 Å². The Hall–Kier alpha value is -1.55. The highest BCUT2D eigenvalue weighted by atomic mass is 16.5. The minimum atomic E-state index is -0.789. The molecule has 1 amide bonds. The summed E-state index contributed by atoms with van der Waals surface area (Å²) in [4.78, 5) is 12.4. The molecule has 0 radical (unpaired) electrons. The Kier molecular flexibility index (Phi) is 6.69. The van der Waals surface area contributed by atoms with Crippen LogP contribution in [0.25, 0.3) is 0 Å². The average Bonchev–Trinajstić information content (AvgIpc) is 2.47. The number of benzene rings is 1. The molecule has 4 heteroatoms. The molecule has 0 fully saturated rings. The third kappa shape index (κ3) is 4.74. The van der Waals surface area contributed by atoms with Gasteiger partial charge in [0.15, 0.2) is 0 Å². The van der Waals surface area contributed by atoms with E-state index in [1.807, 2.05) is 52.8 Å². The molecule has 1 atom stereocenters. The van der Waals surface area contributed by atoms with E-state index in [2.05, 4.69) is 5.32 Å². The lowest BCUT2D eigenvalue weighted by Crippen LogP contribution is -2.42. The molecular formula is C17H27NO3. The standard InChI is InChI=1S/C17H27NO3/c1-6-11-21-17(5,7-2)16(19)18-14-9-10-15(20-8-3)13(4)12-14/h9-10,12H,6-8,11H2,1-5H3,(H,18,19)/t17-/m0/s1. The maximum Gasteiger partial charge on any atom is 0.256 e. The van der Waals surface area contributed by atoms with Crippen LogP contribution in [-0.4, -0.2) is 24.7 Å². The van der Waals surface area contributed by atoms with Crippen molar-refractivity contribution in [2.24, 2.45) is 0 Å². The molecule has 0 saturated heterocycles. The van der Waals surface area contributed by atoms with Crippen molar-refractivity contribution < 1.29 is 14.3 Å². The third-order valence-electron chi connectivity index (χ3n) is 3.51. The molecule has 21 heavy (non-hydrogen) atoms. The number of rotatable bonds is 8. The van der Waals surface area contributed by atoms with E-state index in [0.29, 0.717) is 19.6 Å². The van der Waals surface area contributed by atoms with Gasteiger partial charge in [-0.1, -0.05) is 13.8 Å². The molecule has 118 valence electrons. The van der Waals surface area contributed by atoms with Crippen LogP contribution < -0.4 is 10.1 Å². The number of amides is 1. The van der Waals surface area contributed by atoms with Crippen LogP contribution in [-0.2, 0) is 9.53 Å². The van der Waals surface area contributed by atoms with Crippen LogP contribution in [0.15, 0.2) is 18.2 Å². The van der Waals surface area contributed by atoms with E-state index < -0.39 is 5.60 Å². The molecule has 0 bridgehead atoms. The summed E-state index contributed by atoms with van der Waals surface area (Å²) in [7, 11) is 0. The van der Waals surface area contributed by atoms with Gasteiger partial charge in [-0.3, -0.25) is 4.79 Å². The van der Waals surface area contributed by atoms with Crippen molar-refractivity contribution in [1.82, 2.24) is 0 Å². The summed E-state index contributed by atoms with van der Waals surface area (Å²) in [6.45, 7) is 11.0. The molecule has 0 saturated carbocycles. The fraction of sp³-hybridized carbons (Fsp3) is 0.588. The van der Waals surface area contributed by atoms with Gasteiger partial charge in [0.1, 0.15) is 11.4 Å². The predicted molar refractivity (Wildman–Crippen MR) is 85.9 cm³/mol. The van der Waals surface area contributed by atoms with Gasteiger partial charge in [0, 0.05) is 12.3 Å². The summed E-state index contributed by atoms with van der Waals surface area (Å²) < 4.78 is 11.2. The molecule has 1 N–H and O–H groups in total. The maximum atomic E-state index is 12.4. The number of hydrogen-bond acceptors (Lipinski definition) is 3. The minimum absolute atomic E-state index is 0.109. The zero-order valence-corrected chi connectivity index (χ0v) is 13.8. The number of nitrogens with one attached hydrogen (secondary N) is 1. The highest BCUT2D eigenvalue weighted by Crippen LogP contribution is 2.24. The van der Waals surface area contributed by atoms with Crippen LogP contribution in [0.3, 0.4) is 0 Å². The molecule has 0 heterocycles. The Bertz CT molecular complexity index is 473. The molecule has 1 aromatic carbocycles. The lowest BCUT2D eigenvalue weighted by atomic mass is 10.0. The van der Waals surface area contributed by atoms with E-state index in [1.165, 1.54) is 0 Å². The molecule has 0 aliphatic heterocycles. The van der Waals surface area contributed by atoms with Crippen LogP contribution in [0.4, 0.5) is 5.69 Å². The lowest BCUT2D eigenvalue weighted by molar-refractivity contribution is -0.139. The summed E-state index contributed by atoms with van der Waals surface area (Å²) in [5, 5.41) is 2.93. The maximum absolute atomic E-state index is 12.4. The smallest absolute Gasteiger partial charge is 0.256 e. The molecule has 0 unspecified atom stereocenters. The Balaban J connectivity index is 2.79. The molecular weight excluding hydrogens is 266 g/mol. The minimum Gasteiger partial charge on any atom is -0.494 e. The molecule has 0 spiro atoms. The van der Waals surface area contributed by atoms with E-state index in [4.69, 9.17) is 9.47 Å². The summed E-state index contributed by atoms with van der Waals surface area (Å²) in [6, 6.07) is 5.65. The second-order valence-electron chi connectivity index (χ2n) is 5.30. The van der Waals surface area contributed by atoms with Gasteiger partial charge >= 0.3 is 0 Å². The van der Waals surface area contributed by atoms with E-state index >= 15 is 0 Å². The van der Waals surface area contributed by atoms with Gasteiger partial charge in [0.2, 0.25) is 0 Å². The van der Waals surface area contributed by atoms with Crippen molar-refractivity contribution >= 4 is 11.6 Å². The first-order chi connectivity index (χ1) is 9.96. The van der Waals surface area contributed by atoms with Gasteiger partial charge in [-0.2, -0.15) is 0 Å². The fourth-order valence-corrected chi connectivity index (χ4v) is 1.96. The predicted octanol–water partition coefficient (Wildman–Crippen LogP) is 3.93. The van der Waals surface area contributed by atoms with Crippen molar-refractivity contribution in [1.29, 1.82) is 0 Å². The molecule has 4 nitrogen and oxygen atoms in total. The number of anilines is 1. The first-order valence-electron chi connectivity index (χ1n) is 7.65. The molecule has 1 aromatic rings. The van der Waals surface area contributed by atoms with Gasteiger partial charge in [-0.05, 0) is 57.4 Å². The first kappa shape index (κ1) is 17.5. The van der Waals surface area contributed by atoms with Crippen LogP contribution in [0.1, 0.15) is 46.1 Å². The number of carbonyl (C=O) groups is 1. The van der Waals surface area contributed by atoms with E-state index in [-0.39, 0.29) is 5.91 Å². The quantitative estimate of drug-likeness (QED) is 0.790. The largest absolute Gasteiger partial charge is 0.494 e. The normalized spacial score (nSPS) is 13.6. The van der Waals surface area contributed by atoms with Crippen molar-refractivity contribution in [2.75, 3.05) is 18.5 Å². The zero-order chi connectivity index (χ0) is 15.9.